The van der Waals surface area contributed by atoms with E-state index in [0.29, 0.717) is 13.0 Å². The largest absolute Gasteiger partial charge is 0.373 e. The first kappa shape index (κ1) is 10.5. The lowest BCUT2D eigenvalue weighted by Crippen LogP contribution is -2.44. The molecule has 0 aromatic rings. The number of nitrogens with one attached hydrogen (secondary N) is 1. The highest BCUT2D eigenvalue weighted by atomic mass is 16.5. The van der Waals surface area contributed by atoms with Crippen LogP contribution >= 0.6 is 0 Å². The van der Waals surface area contributed by atoms with Crippen molar-refractivity contribution in [2.75, 3.05) is 6.61 Å². The number of hydrogen-bond donors (Lipinski definition) is 1. The molecule has 1 unspecified atom stereocenters. The van der Waals surface area contributed by atoms with Crippen molar-refractivity contribution in [3.05, 3.63) is 0 Å². The molecule has 0 spiro atoms. The smallest absolute Gasteiger partial charge is 0.220 e. The van der Waals surface area contributed by atoms with Gasteiger partial charge in [-0.15, -0.1) is 0 Å². The molecule has 0 saturated carbocycles. The third-order valence-electron chi connectivity index (χ3n) is 2.17. The highest BCUT2D eigenvalue weighted by molar-refractivity contribution is 5.79. The predicted octanol–water partition coefficient (Wildman–Crippen LogP) is 1.47. The van der Waals surface area contributed by atoms with E-state index in [1.165, 1.54) is 0 Å². The summed E-state index contributed by atoms with van der Waals surface area (Å²) in [5.41, 5.74) is -0.277. The Labute approximate surface area is 79.8 Å². The molecule has 1 aliphatic rings. The van der Waals surface area contributed by atoms with E-state index in [-0.39, 0.29) is 17.0 Å². The molecule has 1 atom stereocenters. The molecule has 1 N–H and O–H groups in total. The lowest BCUT2D eigenvalue weighted by molar-refractivity contribution is -0.120. The number of amides is 1. The predicted molar refractivity (Wildman–Crippen MR) is 51.5 cm³/mol. The number of ether oxygens (including phenoxy) is 1. The quantitative estimate of drug-likeness (QED) is 0.707. The second kappa shape index (κ2) is 3.29. The number of carbonyl (C=O) groups excluding carboxylic acids is 1. The normalized spacial score (nSPS) is 29.1. The third-order valence-corrected chi connectivity index (χ3v) is 2.17. The SMILES string of the molecule is CC1(COC(C)(C)C)CCC(=O)N1. The Bertz CT molecular complexity index is 207. The minimum absolute atomic E-state index is 0.129. The molecule has 0 radical (unpaired) electrons. The maximum absolute atomic E-state index is 11.0. The van der Waals surface area contributed by atoms with Crippen LogP contribution in [0.25, 0.3) is 0 Å². The summed E-state index contributed by atoms with van der Waals surface area (Å²) >= 11 is 0. The van der Waals surface area contributed by atoms with Gasteiger partial charge in [0.05, 0.1) is 17.7 Å². The van der Waals surface area contributed by atoms with Crippen LogP contribution in [0.5, 0.6) is 0 Å². The Morgan fingerprint density at radius 2 is 2.15 bits per heavy atom. The van der Waals surface area contributed by atoms with Crippen LogP contribution in [0.4, 0.5) is 0 Å². The van der Waals surface area contributed by atoms with Gasteiger partial charge in [0.25, 0.3) is 0 Å². The summed E-state index contributed by atoms with van der Waals surface area (Å²) in [6.07, 6.45) is 1.51. The fourth-order valence-electron chi connectivity index (χ4n) is 1.34. The van der Waals surface area contributed by atoms with Crippen molar-refractivity contribution in [1.82, 2.24) is 5.32 Å². The van der Waals surface area contributed by atoms with Crippen LogP contribution in [-0.4, -0.2) is 23.7 Å². The van der Waals surface area contributed by atoms with Crippen LogP contribution in [0.3, 0.4) is 0 Å². The molecule has 13 heavy (non-hydrogen) atoms. The van der Waals surface area contributed by atoms with Gasteiger partial charge >= 0.3 is 0 Å². The first-order valence-electron chi connectivity index (χ1n) is 4.76. The summed E-state index contributed by atoms with van der Waals surface area (Å²) in [7, 11) is 0. The zero-order chi connectivity index (χ0) is 10.1. The molecule has 0 aliphatic carbocycles. The second-order valence-electron chi connectivity index (χ2n) is 5.01. The maximum Gasteiger partial charge on any atom is 0.220 e. The molecule has 1 saturated heterocycles. The Hall–Kier alpha value is -0.570. The standard InChI is InChI=1S/C10H19NO2/c1-9(2,3)13-7-10(4)6-5-8(12)11-10/h5-7H2,1-4H3,(H,11,12). The van der Waals surface area contributed by atoms with E-state index in [4.69, 9.17) is 4.74 Å². The van der Waals surface area contributed by atoms with Gasteiger partial charge in [0.1, 0.15) is 0 Å². The molecular weight excluding hydrogens is 166 g/mol. The summed E-state index contributed by atoms with van der Waals surface area (Å²) in [5, 5.41) is 2.94. The molecule has 0 bridgehead atoms. The monoisotopic (exact) mass is 185 g/mol. The molecule has 3 nitrogen and oxygen atoms in total. The summed E-state index contributed by atoms with van der Waals surface area (Å²) in [6.45, 7) is 8.69. The molecular formula is C10H19NO2. The summed E-state index contributed by atoms with van der Waals surface area (Å²) in [5.74, 6) is 0.139. The van der Waals surface area contributed by atoms with Gasteiger partial charge in [0, 0.05) is 6.42 Å². The molecule has 0 aromatic heterocycles. The van der Waals surface area contributed by atoms with Crippen molar-refractivity contribution in [1.29, 1.82) is 0 Å². The van der Waals surface area contributed by atoms with Gasteiger partial charge in [-0.3, -0.25) is 4.79 Å². The van der Waals surface area contributed by atoms with Crippen molar-refractivity contribution >= 4 is 5.91 Å². The lowest BCUT2D eigenvalue weighted by Gasteiger charge is -2.29. The van der Waals surface area contributed by atoms with Gasteiger partial charge in [-0.25, -0.2) is 0 Å². The van der Waals surface area contributed by atoms with Crippen molar-refractivity contribution in [3.63, 3.8) is 0 Å². The van der Waals surface area contributed by atoms with Crippen molar-refractivity contribution in [2.24, 2.45) is 0 Å². The average molecular weight is 185 g/mol. The van der Waals surface area contributed by atoms with E-state index < -0.39 is 0 Å². The van der Waals surface area contributed by atoms with Crippen LogP contribution in [0.1, 0.15) is 40.5 Å². The minimum Gasteiger partial charge on any atom is -0.373 e. The Morgan fingerprint density at radius 1 is 1.54 bits per heavy atom. The molecule has 1 aliphatic heterocycles. The maximum atomic E-state index is 11.0. The van der Waals surface area contributed by atoms with Crippen LogP contribution in [0.2, 0.25) is 0 Å². The molecule has 0 aromatic carbocycles. The second-order valence-corrected chi connectivity index (χ2v) is 5.01. The zero-order valence-electron chi connectivity index (χ0n) is 8.94. The number of rotatable bonds is 2. The van der Waals surface area contributed by atoms with Gasteiger partial charge in [0.15, 0.2) is 0 Å². The zero-order valence-corrected chi connectivity index (χ0v) is 8.94. The van der Waals surface area contributed by atoms with Gasteiger partial charge < -0.3 is 10.1 Å². The lowest BCUT2D eigenvalue weighted by atomic mass is 10.0. The summed E-state index contributed by atoms with van der Waals surface area (Å²) in [4.78, 5) is 11.0. The number of carbonyl (C=O) groups is 1. The van der Waals surface area contributed by atoms with E-state index in [1.807, 2.05) is 27.7 Å². The molecule has 76 valence electrons. The van der Waals surface area contributed by atoms with Crippen molar-refractivity contribution in [3.8, 4) is 0 Å². The van der Waals surface area contributed by atoms with Gasteiger partial charge in [-0.05, 0) is 34.1 Å². The molecule has 1 amide bonds. The average Bonchev–Trinajstić information content (AvgIpc) is 2.27. The van der Waals surface area contributed by atoms with E-state index >= 15 is 0 Å². The van der Waals surface area contributed by atoms with Crippen LogP contribution in [-0.2, 0) is 9.53 Å². The molecule has 1 heterocycles. The van der Waals surface area contributed by atoms with Crippen molar-refractivity contribution in [2.45, 2.75) is 51.7 Å². The third kappa shape index (κ3) is 3.35. The van der Waals surface area contributed by atoms with Gasteiger partial charge in [-0.2, -0.15) is 0 Å². The highest BCUT2D eigenvalue weighted by Gasteiger charge is 2.34. The van der Waals surface area contributed by atoms with Gasteiger partial charge in [0.2, 0.25) is 5.91 Å². The van der Waals surface area contributed by atoms with Crippen molar-refractivity contribution < 1.29 is 9.53 Å². The fourth-order valence-corrected chi connectivity index (χ4v) is 1.34. The molecule has 1 fully saturated rings. The first-order chi connectivity index (χ1) is 5.81. The van der Waals surface area contributed by atoms with Crippen LogP contribution < -0.4 is 5.32 Å². The Kier molecular flexibility index (Phi) is 2.66. The Morgan fingerprint density at radius 3 is 2.54 bits per heavy atom. The van der Waals surface area contributed by atoms with Crippen LogP contribution in [0, 0.1) is 0 Å². The fraction of sp³-hybridized carbons (Fsp3) is 0.900. The first-order valence-corrected chi connectivity index (χ1v) is 4.76. The summed E-state index contributed by atoms with van der Waals surface area (Å²) in [6, 6.07) is 0. The van der Waals surface area contributed by atoms with E-state index in [1.54, 1.807) is 0 Å². The topological polar surface area (TPSA) is 38.3 Å². The minimum atomic E-state index is -0.148. The van der Waals surface area contributed by atoms with E-state index in [2.05, 4.69) is 5.32 Å². The van der Waals surface area contributed by atoms with Crippen LogP contribution in [0.15, 0.2) is 0 Å². The Balaban J connectivity index is 2.40. The van der Waals surface area contributed by atoms with E-state index in [9.17, 15) is 4.79 Å². The summed E-state index contributed by atoms with van der Waals surface area (Å²) < 4.78 is 5.65. The van der Waals surface area contributed by atoms with Gasteiger partial charge in [-0.1, -0.05) is 0 Å². The molecule has 3 heteroatoms. The number of hydrogen-bond acceptors (Lipinski definition) is 2. The highest BCUT2D eigenvalue weighted by Crippen LogP contribution is 2.21. The molecule has 1 rings (SSSR count). The van der Waals surface area contributed by atoms with E-state index in [0.717, 1.165) is 6.42 Å².